The zero-order valence-corrected chi connectivity index (χ0v) is 27.9. The summed E-state index contributed by atoms with van der Waals surface area (Å²) in [6.07, 6.45) is 8.01. The molecule has 2 unspecified atom stereocenters. The minimum Gasteiger partial charge on any atom is -0.497 e. The van der Waals surface area contributed by atoms with Crippen molar-refractivity contribution in [2.24, 2.45) is 11.8 Å². The second kappa shape index (κ2) is 14.5. The molecule has 0 aliphatic carbocycles. The van der Waals surface area contributed by atoms with Gasteiger partial charge in [0.05, 0.1) is 23.7 Å². The topological polar surface area (TPSA) is 90.4 Å². The first-order valence-corrected chi connectivity index (χ1v) is 17.2. The van der Waals surface area contributed by atoms with Crippen LogP contribution in [-0.2, 0) is 20.9 Å². The molecule has 3 aliphatic rings. The molecule has 9 heteroatoms. The number of benzene rings is 2. The summed E-state index contributed by atoms with van der Waals surface area (Å²) in [4.78, 5) is 49.5. The number of thioether (sulfide) groups is 1. The zero-order chi connectivity index (χ0) is 32.9. The normalized spacial score (nSPS) is 26.1. The first-order chi connectivity index (χ1) is 22.2. The summed E-state index contributed by atoms with van der Waals surface area (Å²) < 4.78 is 4.16. The molecule has 8 nitrogen and oxygen atoms in total. The molecule has 2 bridgehead atoms. The van der Waals surface area contributed by atoms with Crippen LogP contribution in [0.1, 0.15) is 51.0 Å². The van der Waals surface area contributed by atoms with Crippen LogP contribution in [0.4, 0.5) is 5.69 Å². The predicted molar refractivity (Wildman–Crippen MR) is 184 cm³/mol. The molecular weight excluding hydrogens is 598 g/mol. The number of likely N-dealkylation sites (tertiary alicyclic amines) is 1. The van der Waals surface area contributed by atoms with Gasteiger partial charge >= 0.3 is 0 Å². The highest BCUT2D eigenvalue weighted by Crippen LogP contribution is 2.71. The van der Waals surface area contributed by atoms with Crippen LogP contribution in [0.5, 0.6) is 5.75 Å². The Morgan fingerprint density at radius 2 is 1.70 bits per heavy atom. The number of nitrogens with zero attached hydrogens (tertiary/aromatic N) is 3. The molecule has 1 N–H and O–H groups in total. The van der Waals surface area contributed by atoms with Crippen LogP contribution in [0.3, 0.4) is 0 Å². The van der Waals surface area contributed by atoms with Crippen LogP contribution in [0.15, 0.2) is 79.9 Å². The van der Waals surface area contributed by atoms with Crippen molar-refractivity contribution in [2.45, 2.75) is 67.5 Å². The van der Waals surface area contributed by atoms with Crippen LogP contribution >= 0.6 is 11.8 Å². The molecule has 2 aromatic rings. The van der Waals surface area contributed by atoms with Gasteiger partial charge in [-0.3, -0.25) is 14.4 Å². The molecule has 46 heavy (non-hydrogen) atoms. The number of hydrogen-bond acceptors (Lipinski definition) is 6. The summed E-state index contributed by atoms with van der Waals surface area (Å²) in [6.45, 7) is 11.6. The van der Waals surface area contributed by atoms with Gasteiger partial charge in [0.15, 0.2) is 0 Å². The molecule has 3 saturated heterocycles. The Morgan fingerprint density at radius 3 is 2.35 bits per heavy atom. The second-order valence-electron chi connectivity index (χ2n) is 12.8. The predicted octanol–water partition coefficient (Wildman–Crippen LogP) is 5.46. The van der Waals surface area contributed by atoms with Gasteiger partial charge in [-0.15, -0.1) is 24.9 Å². The molecule has 0 radical (unpaired) electrons. The number of fused-ring (bicyclic) bond motifs is 1. The summed E-state index contributed by atoms with van der Waals surface area (Å²) in [5, 5.41) is 9.27. The number of aliphatic hydroxyl groups is 1. The van der Waals surface area contributed by atoms with Crippen molar-refractivity contribution in [1.82, 2.24) is 9.80 Å². The molecule has 3 amide bonds. The van der Waals surface area contributed by atoms with Gasteiger partial charge in [-0.25, -0.2) is 0 Å². The number of unbranched alkanes of at least 4 members (excludes halogenated alkanes) is 3. The number of amides is 3. The lowest BCUT2D eigenvalue weighted by atomic mass is 9.66. The maximum Gasteiger partial charge on any atom is 0.251 e. The van der Waals surface area contributed by atoms with E-state index in [9.17, 15) is 19.5 Å². The van der Waals surface area contributed by atoms with Gasteiger partial charge in [-0.05, 0) is 62.4 Å². The molecule has 3 heterocycles. The van der Waals surface area contributed by atoms with E-state index in [4.69, 9.17) is 4.74 Å². The van der Waals surface area contributed by atoms with Crippen molar-refractivity contribution in [3.05, 3.63) is 85.5 Å². The minimum atomic E-state index is -0.715. The summed E-state index contributed by atoms with van der Waals surface area (Å²) in [5.74, 6) is -0.749. The van der Waals surface area contributed by atoms with Crippen molar-refractivity contribution in [2.75, 3.05) is 38.3 Å². The Kier molecular flexibility index (Phi) is 10.6. The molecule has 3 aliphatic heterocycles. The quantitative estimate of drug-likeness (QED) is 0.193. The summed E-state index contributed by atoms with van der Waals surface area (Å²) in [7, 11) is 1.60. The highest BCUT2D eigenvalue weighted by Gasteiger charge is 2.77. The third-order valence-electron chi connectivity index (χ3n) is 9.92. The average Bonchev–Trinajstić information content (AvgIpc) is 3.63. The number of carbonyl (C=O) groups is 3. The molecule has 5 rings (SSSR count). The first-order valence-electron chi connectivity index (χ1n) is 16.4. The van der Waals surface area contributed by atoms with Crippen LogP contribution in [0.25, 0.3) is 0 Å². The second-order valence-corrected chi connectivity index (χ2v) is 14.7. The molecule has 0 saturated carbocycles. The van der Waals surface area contributed by atoms with Crippen LogP contribution < -0.4 is 9.64 Å². The fourth-order valence-electron chi connectivity index (χ4n) is 7.82. The van der Waals surface area contributed by atoms with Crippen molar-refractivity contribution < 1.29 is 24.2 Å². The molecule has 0 aromatic heterocycles. The Balaban J connectivity index is 1.52. The highest BCUT2D eigenvalue weighted by atomic mass is 32.2. The van der Waals surface area contributed by atoms with Crippen LogP contribution in [0, 0.1) is 11.8 Å². The Bertz CT molecular complexity index is 1420. The van der Waals surface area contributed by atoms with Gasteiger partial charge in [-0.2, -0.15) is 0 Å². The van der Waals surface area contributed by atoms with Crippen LogP contribution in [0.2, 0.25) is 0 Å². The number of methoxy groups -OCH3 is 1. The smallest absolute Gasteiger partial charge is 0.251 e. The molecular formula is C37H47N3O5S. The van der Waals surface area contributed by atoms with Crippen molar-refractivity contribution in [3.8, 4) is 5.75 Å². The number of aliphatic hydroxyl groups excluding tert-OH is 1. The largest absolute Gasteiger partial charge is 0.497 e. The summed E-state index contributed by atoms with van der Waals surface area (Å²) >= 11 is 1.70. The molecule has 5 atom stereocenters. The van der Waals surface area contributed by atoms with E-state index in [0.717, 1.165) is 31.2 Å². The third kappa shape index (κ3) is 6.24. The van der Waals surface area contributed by atoms with Gasteiger partial charge < -0.3 is 24.5 Å². The first kappa shape index (κ1) is 33.8. The number of anilines is 1. The molecule has 1 spiro atoms. The van der Waals surface area contributed by atoms with Crippen LogP contribution in [-0.4, -0.2) is 81.5 Å². The monoisotopic (exact) mass is 645 g/mol. The van der Waals surface area contributed by atoms with E-state index < -0.39 is 27.4 Å². The lowest BCUT2D eigenvalue weighted by Crippen LogP contribution is -2.55. The van der Waals surface area contributed by atoms with Gasteiger partial charge in [0.2, 0.25) is 11.8 Å². The number of rotatable bonds is 16. The Labute approximate surface area is 277 Å². The van der Waals surface area contributed by atoms with E-state index in [2.05, 4.69) is 20.1 Å². The fraction of sp³-hybridized carbons (Fsp3) is 0.486. The van der Waals surface area contributed by atoms with Crippen molar-refractivity contribution in [1.29, 1.82) is 0 Å². The van der Waals surface area contributed by atoms with E-state index >= 15 is 0 Å². The summed E-state index contributed by atoms with van der Waals surface area (Å²) in [6, 6.07) is 16.5. The number of carbonyl (C=O) groups excluding carboxylic acids is 3. The Hall–Kier alpha value is -3.56. The van der Waals surface area contributed by atoms with Crippen molar-refractivity contribution in [3.63, 3.8) is 0 Å². The third-order valence-corrected chi connectivity index (χ3v) is 11.9. The van der Waals surface area contributed by atoms with E-state index in [-0.39, 0.29) is 30.9 Å². The van der Waals surface area contributed by atoms with Gasteiger partial charge in [0.25, 0.3) is 5.91 Å². The highest BCUT2D eigenvalue weighted by molar-refractivity contribution is 8.02. The standard InChI is InChI=1S/C37H47N3O5S/c1-5-22-38(26-27-14-10-9-11-15-27)33(42)30-31-34(43)40(24-12-7-8-13-25-41)32(37(31)21-20-36(30,3)46-37)35(44)39(23-6-2)28-16-18-29(45-4)19-17-28/h5-6,9-11,14-19,30-32,41H,1-2,7-8,12-13,20-26H2,3-4H3/t30-,31-,32?,36+,37?/m0/s1. The molecule has 246 valence electrons. The SMILES string of the molecule is C=CCN(Cc1ccccc1)C(=O)[C@@H]1[C@H]2C(=O)N(CCCCCCO)C(C(=O)N(CC=C)c3ccc(OC)cc3)C23CC[C@@]1(C)S3. The van der Waals surface area contributed by atoms with Gasteiger partial charge in [0, 0.05) is 43.2 Å². The fourth-order valence-corrected chi connectivity index (χ4v) is 10.2. The van der Waals surface area contributed by atoms with E-state index in [1.165, 1.54) is 0 Å². The zero-order valence-electron chi connectivity index (χ0n) is 27.1. The average molecular weight is 646 g/mol. The Morgan fingerprint density at radius 1 is 1.00 bits per heavy atom. The van der Waals surface area contributed by atoms with Gasteiger partial charge in [-0.1, -0.05) is 55.3 Å². The van der Waals surface area contributed by atoms with E-state index in [0.29, 0.717) is 43.9 Å². The van der Waals surface area contributed by atoms with Crippen molar-refractivity contribution >= 4 is 35.2 Å². The molecule has 2 aromatic carbocycles. The van der Waals surface area contributed by atoms with E-state index in [1.54, 1.807) is 40.8 Å². The maximum atomic E-state index is 14.9. The van der Waals surface area contributed by atoms with Gasteiger partial charge in [0.1, 0.15) is 11.8 Å². The number of hydrogen-bond donors (Lipinski definition) is 1. The lowest BCUT2D eigenvalue weighted by Gasteiger charge is -2.38. The summed E-state index contributed by atoms with van der Waals surface area (Å²) in [5.41, 5.74) is 1.72. The minimum absolute atomic E-state index is 0.0484. The number of ether oxygens (including phenoxy) is 1. The van der Waals surface area contributed by atoms with E-state index in [1.807, 2.05) is 59.5 Å². The molecule has 3 fully saturated rings. The maximum absolute atomic E-state index is 14.9. The lowest BCUT2D eigenvalue weighted by molar-refractivity contribution is -0.145.